The van der Waals surface area contributed by atoms with Gasteiger partial charge in [0.2, 0.25) is 11.9 Å². The molecule has 0 unspecified atom stereocenters. The lowest BCUT2D eigenvalue weighted by Gasteiger charge is -2.51. The van der Waals surface area contributed by atoms with Crippen LogP contribution in [0.4, 0.5) is 11.6 Å². The number of likely N-dealkylation sites (N-methyl/N-ethyl adjacent to an activating group) is 1. The molecular formula is C28H33ClN10O. The third-order valence-electron chi connectivity index (χ3n) is 8.06. The predicted octanol–water partition coefficient (Wildman–Crippen LogP) is 2.21. The summed E-state index contributed by atoms with van der Waals surface area (Å²) in [6.07, 6.45) is 4.22. The number of halogens is 1. The van der Waals surface area contributed by atoms with Crippen molar-refractivity contribution in [2.45, 2.75) is 18.8 Å². The van der Waals surface area contributed by atoms with E-state index in [1.807, 2.05) is 46.6 Å². The molecule has 2 aromatic heterocycles. The molecule has 12 heteroatoms. The molecule has 0 spiro atoms. The zero-order valence-electron chi connectivity index (χ0n) is 22.8. The van der Waals surface area contributed by atoms with Crippen LogP contribution in [-0.2, 0) is 10.2 Å². The molecule has 1 amide bonds. The molecule has 0 aliphatic carbocycles. The number of aromatic nitrogens is 3. The average molecular weight is 561 g/mol. The molecule has 3 aliphatic heterocycles. The fourth-order valence-electron chi connectivity index (χ4n) is 5.89. The van der Waals surface area contributed by atoms with Crippen LogP contribution in [0.25, 0.3) is 5.65 Å². The number of rotatable bonds is 7. The molecule has 0 bridgehead atoms. The van der Waals surface area contributed by atoms with Gasteiger partial charge in [-0.05, 0) is 49.4 Å². The first-order valence-electron chi connectivity index (χ1n) is 13.5. The van der Waals surface area contributed by atoms with E-state index < -0.39 is 0 Å². The van der Waals surface area contributed by atoms with E-state index >= 15 is 0 Å². The van der Waals surface area contributed by atoms with Crippen molar-refractivity contribution in [3.63, 3.8) is 0 Å². The highest BCUT2D eigenvalue weighted by Crippen LogP contribution is 2.42. The summed E-state index contributed by atoms with van der Waals surface area (Å²) < 4.78 is 1.77. The first-order chi connectivity index (χ1) is 19.3. The van der Waals surface area contributed by atoms with E-state index in [1.54, 1.807) is 4.52 Å². The molecular weight excluding hydrogens is 528 g/mol. The molecule has 1 aromatic carbocycles. The molecule has 2 N–H and O–H groups in total. The number of fused-ring (bicyclic) bond motifs is 1. The van der Waals surface area contributed by atoms with E-state index in [4.69, 9.17) is 16.6 Å². The van der Waals surface area contributed by atoms with Crippen LogP contribution in [0.3, 0.4) is 0 Å². The van der Waals surface area contributed by atoms with Gasteiger partial charge in [-0.1, -0.05) is 17.7 Å². The quantitative estimate of drug-likeness (QED) is 0.449. The van der Waals surface area contributed by atoms with Gasteiger partial charge in [0.1, 0.15) is 6.54 Å². The molecule has 2 saturated heterocycles. The highest BCUT2D eigenvalue weighted by Gasteiger charge is 2.46. The molecule has 2 fully saturated rings. The summed E-state index contributed by atoms with van der Waals surface area (Å²) >= 11 is 6.20. The van der Waals surface area contributed by atoms with Crippen molar-refractivity contribution in [3.05, 3.63) is 64.6 Å². The molecule has 5 heterocycles. The first-order valence-corrected chi connectivity index (χ1v) is 13.9. The van der Waals surface area contributed by atoms with Crippen LogP contribution in [0.1, 0.15) is 17.5 Å². The smallest absolute Gasteiger partial charge is 0.247 e. The third-order valence-corrected chi connectivity index (χ3v) is 8.30. The minimum absolute atomic E-state index is 0.115. The Morgan fingerprint density at radius 3 is 2.77 bits per heavy atom. The van der Waals surface area contributed by atoms with Gasteiger partial charge in [0.05, 0.1) is 24.0 Å². The van der Waals surface area contributed by atoms with Crippen molar-refractivity contribution in [1.82, 2.24) is 34.8 Å². The lowest BCUT2D eigenvalue weighted by molar-refractivity contribution is -0.133. The van der Waals surface area contributed by atoms with E-state index in [2.05, 4.69) is 51.7 Å². The van der Waals surface area contributed by atoms with Gasteiger partial charge < -0.3 is 25.0 Å². The van der Waals surface area contributed by atoms with Gasteiger partial charge in [0, 0.05) is 68.5 Å². The maximum atomic E-state index is 12.7. The van der Waals surface area contributed by atoms with Crippen LogP contribution in [0.5, 0.6) is 0 Å². The molecule has 3 aliphatic rings. The number of hydrazine groups is 1. The van der Waals surface area contributed by atoms with Crippen LogP contribution < -0.4 is 15.6 Å². The molecule has 0 radical (unpaired) electrons. The molecule has 40 heavy (non-hydrogen) atoms. The number of benzene rings is 1. The summed E-state index contributed by atoms with van der Waals surface area (Å²) in [7, 11) is 2.08. The standard InChI is InChI=1S/C28H33ClN10O/c1-20-14-21(29)5-6-23(20)28(7-8-30)18-37(19-28)24-4-3-9-39-26(24)33-27(34-39)32-22-15-31-38(16-22)17-25(40)36-12-10-35(2)11-13-36/h3-6,9,14,16,31H,7,10-13,15,17-19H2,1-2H3,(H,32,34). The van der Waals surface area contributed by atoms with Crippen molar-refractivity contribution in [2.75, 3.05) is 69.6 Å². The monoisotopic (exact) mass is 560 g/mol. The van der Waals surface area contributed by atoms with E-state index in [-0.39, 0.29) is 17.9 Å². The van der Waals surface area contributed by atoms with E-state index in [1.165, 1.54) is 5.56 Å². The fourth-order valence-corrected chi connectivity index (χ4v) is 6.11. The summed E-state index contributed by atoms with van der Waals surface area (Å²) in [5.41, 5.74) is 7.88. The number of carbonyl (C=O) groups excluding carboxylic acids is 1. The molecule has 0 saturated carbocycles. The molecule has 6 rings (SSSR count). The van der Waals surface area contributed by atoms with Gasteiger partial charge in [-0.25, -0.2) is 9.94 Å². The van der Waals surface area contributed by atoms with E-state index in [9.17, 15) is 10.1 Å². The zero-order valence-corrected chi connectivity index (χ0v) is 23.5. The Balaban J connectivity index is 1.14. The van der Waals surface area contributed by atoms with Crippen molar-refractivity contribution >= 4 is 34.8 Å². The lowest BCUT2D eigenvalue weighted by atomic mass is 9.70. The minimum atomic E-state index is -0.247. The largest absolute Gasteiger partial charge is 0.366 e. The highest BCUT2D eigenvalue weighted by molar-refractivity contribution is 6.30. The lowest BCUT2D eigenvalue weighted by Crippen LogP contribution is -2.59. The van der Waals surface area contributed by atoms with Gasteiger partial charge in [-0.3, -0.25) is 4.79 Å². The number of nitriles is 1. The fraction of sp³-hybridized carbons (Fsp3) is 0.429. The number of anilines is 2. The number of aryl methyl sites for hydroxylation is 1. The Bertz CT molecular complexity index is 1500. The van der Waals surface area contributed by atoms with Gasteiger partial charge in [0.15, 0.2) is 5.65 Å². The molecule has 3 aromatic rings. The predicted molar refractivity (Wildman–Crippen MR) is 154 cm³/mol. The SMILES string of the molecule is Cc1cc(Cl)ccc1C1(CC#N)CN(c2cccn3nc(NC4=CN(CC(=O)N5CCN(C)CC5)NC4)nc23)C1. The summed E-state index contributed by atoms with van der Waals surface area (Å²) in [5, 5.41) is 20.1. The van der Waals surface area contributed by atoms with Crippen LogP contribution >= 0.6 is 11.6 Å². The Morgan fingerprint density at radius 1 is 1.23 bits per heavy atom. The van der Waals surface area contributed by atoms with Crippen LogP contribution in [0.15, 0.2) is 48.4 Å². The zero-order chi connectivity index (χ0) is 27.9. The molecule has 0 atom stereocenters. The Kier molecular flexibility index (Phi) is 7.00. The van der Waals surface area contributed by atoms with Gasteiger partial charge in [-0.2, -0.15) is 10.2 Å². The first kappa shape index (κ1) is 26.4. The van der Waals surface area contributed by atoms with Crippen molar-refractivity contribution in [2.24, 2.45) is 0 Å². The second kappa shape index (κ2) is 10.6. The minimum Gasteiger partial charge on any atom is -0.366 e. The van der Waals surface area contributed by atoms with E-state index in [0.29, 0.717) is 37.0 Å². The van der Waals surface area contributed by atoms with E-state index in [0.717, 1.165) is 48.8 Å². The highest BCUT2D eigenvalue weighted by atomic mass is 35.5. The van der Waals surface area contributed by atoms with Crippen LogP contribution in [0, 0.1) is 18.3 Å². The summed E-state index contributed by atoms with van der Waals surface area (Å²) in [6.45, 7) is 7.65. The third kappa shape index (κ3) is 5.06. The normalized spacial score (nSPS) is 18.9. The summed E-state index contributed by atoms with van der Waals surface area (Å²) in [6, 6.07) is 12.3. The van der Waals surface area contributed by atoms with Crippen LogP contribution in [-0.4, -0.2) is 94.7 Å². The number of hydrogen-bond acceptors (Lipinski definition) is 9. The molecule has 11 nitrogen and oxygen atoms in total. The Labute approximate surface area is 238 Å². The van der Waals surface area contributed by atoms with Gasteiger partial charge >= 0.3 is 0 Å². The number of nitrogens with one attached hydrogen (secondary N) is 2. The summed E-state index contributed by atoms with van der Waals surface area (Å²) in [5.74, 6) is 0.606. The Morgan fingerprint density at radius 2 is 2.02 bits per heavy atom. The topological polar surface area (TPSA) is 108 Å². The maximum Gasteiger partial charge on any atom is 0.247 e. The van der Waals surface area contributed by atoms with Crippen LogP contribution in [0.2, 0.25) is 5.02 Å². The maximum absolute atomic E-state index is 12.7. The number of carbonyl (C=O) groups is 1. The van der Waals surface area contributed by atoms with Crippen molar-refractivity contribution in [3.8, 4) is 6.07 Å². The number of pyridine rings is 1. The van der Waals surface area contributed by atoms with Gasteiger partial charge in [0.25, 0.3) is 0 Å². The number of amides is 1. The number of nitrogens with zero attached hydrogens (tertiary/aromatic N) is 8. The number of hydrogen-bond donors (Lipinski definition) is 2. The second-order valence-electron chi connectivity index (χ2n) is 11.0. The number of piperazine rings is 1. The summed E-state index contributed by atoms with van der Waals surface area (Å²) in [4.78, 5) is 23.9. The Hall–Kier alpha value is -3.85. The second-order valence-corrected chi connectivity index (χ2v) is 11.4. The van der Waals surface area contributed by atoms with Crippen molar-refractivity contribution in [1.29, 1.82) is 5.26 Å². The average Bonchev–Trinajstić information content (AvgIpc) is 3.53. The molecule has 208 valence electrons. The van der Waals surface area contributed by atoms with Crippen molar-refractivity contribution < 1.29 is 4.79 Å². The van der Waals surface area contributed by atoms with Gasteiger partial charge in [-0.15, -0.1) is 5.10 Å².